The SMILES string of the molecule is N#CC1CN(S(=O)(=O)c2nc(Cl)c(-c3ccccc3)[nH]2)CCO1. The molecule has 1 aromatic carbocycles. The molecule has 0 bridgehead atoms. The predicted octanol–water partition coefficient (Wildman–Crippen LogP) is 1.64. The first-order chi connectivity index (χ1) is 11.0. The Kier molecular flexibility index (Phi) is 4.37. The summed E-state index contributed by atoms with van der Waals surface area (Å²) in [6.45, 7) is 0.300. The summed E-state index contributed by atoms with van der Waals surface area (Å²) in [5.41, 5.74) is 1.18. The zero-order valence-corrected chi connectivity index (χ0v) is 13.5. The van der Waals surface area contributed by atoms with Crippen LogP contribution in [0.4, 0.5) is 0 Å². The van der Waals surface area contributed by atoms with Crippen molar-refractivity contribution < 1.29 is 13.2 Å². The smallest absolute Gasteiger partial charge is 0.277 e. The van der Waals surface area contributed by atoms with E-state index in [9.17, 15) is 8.42 Å². The van der Waals surface area contributed by atoms with Crippen LogP contribution in [0.5, 0.6) is 0 Å². The lowest BCUT2D eigenvalue weighted by atomic mass is 10.2. The monoisotopic (exact) mass is 352 g/mol. The second-order valence-corrected chi connectivity index (χ2v) is 7.14. The Balaban J connectivity index is 1.94. The number of morpholine rings is 1. The van der Waals surface area contributed by atoms with Crippen molar-refractivity contribution in [2.45, 2.75) is 11.3 Å². The fourth-order valence-corrected chi connectivity index (χ4v) is 3.91. The van der Waals surface area contributed by atoms with Gasteiger partial charge in [-0.15, -0.1) is 0 Å². The first kappa shape index (κ1) is 16.0. The number of benzene rings is 1. The summed E-state index contributed by atoms with van der Waals surface area (Å²) < 4.78 is 31.6. The standard InChI is InChI=1S/C14H13ClN4O3S/c15-13-12(10-4-2-1-3-5-10)17-14(18-13)23(20,21)19-6-7-22-11(8-16)9-19/h1-5,11H,6-7,9H2,(H,17,18). The molecule has 2 aromatic rings. The third kappa shape index (κ3) is 3.09. The Morgan fingerprint density at radius 3 is 2.83 bits per heavy atom. The average molecular weight is 353 g/mol. The van der Waals surface area contributed by atoms with Crippen molar-refractivity contribution in [1.82, 2.24) is 14.3 Å². The van der Waals surface area contributed by atoms with Crippen LogP contribution >= 0.6 is 11.6 Å². The maximum Gasteiger partial charge on any atom is 0.277 e. The number of H-pyrrole nitrogens is 1. The van der Waals surface area contributed by atoms with E-state index < -0.39 is 16.1 Å². The number of sulfonamides is 1. The van der Waals surface area contributed by atoms with Gasteiger partial charge in [0.25, 0.3) is 10.0 Å². The molecule has 3 rings (SSSR count). The van der Waals surface area contributed by atoms with Crippen molar-refractivity contribution in [3.05, 3.63) is 35.5 Å². The zero-order chi connectivity index (χ0) is 16.4. The van der Waals surface area contributed by atoms with Gasteiger partial charge in [0, 0.05) is 12.1 Å². The highest BCUT2D eigenvalue weighted by Gasteiger charge is 2.33. The summed E-state index contributed by atoms with van der Waals surface area (Å²) in [6.07, 6.45) is -0.780. The van der Waals surface area contributed by atoms with E-state index in [0.29, 0.717) is 5.69 Å². The molecule has 9 heteroatoms. The second kappa shape index (κ2) is 6.29. The number of ether oxygens (including phenoxy) is 1. The quantitative estimate of drug-likeness (QED) is 0.905. The van der Waals surface area contributed by atoms with Gasteiger partial charge in [0.1, 0.15) is 0 Å². The minimum atomic E-state index is -3.86. The number of aromatic amines is 1. The van der Waals surface area contributed by atoms with Gasteiger partial charge >= 0.3 is 0 Å². The first-order valence-corrected chi connectivity index (χ1v) is 8.66. The maximum atomic E-state index is 12.7. The van der Waals surface area contributed by atoms with Crippen LogP contribution in [0.1, 0.15) is 0 Å². The van der Waals surface area contributed by atoms with Crippen LogP contribution in [-0.4, -0.2) is 48.5 Å². The van der Waals surface area contributed by atoms with Gasteiger partial charge in [-0.05, 0) is 0 Å². The van der Waals surface area contributed by atoms with E-state index >= 15 is 0 Å². The Bertz CT molecular complexity index is 845. The molecule has 23 heavy (non-hydrogen) atoms. The van der Waals surface area contributed by atoms with Gasteiger partial charge in [-0.25, -0.2) is 13.4 Å². The molecule has 1 unspecified atom stereocenters. The molecule has 0 saturated carbocycles. The van der Waals surface area contributed by atoms with Crippen LogP contribution in [0, 0.1) is 11.3 Å². The highest BCUT2D eigenvalue weighted by molar-refractivity contribution is 7.89. The molecular weight excluding hydrogens is 340 g/mol. The van der Waals surface area contributed by atoms with E-state index in [-0.39, 0.29) is 30.0 Å². The Morgan fingerprint density at radius 2 is 2.13 bits per heavy atom. The van der Waals surface area contributed by atoms with E-state index in [1.54, 1.807) is 12.1 Å². The first-order valence-electron chi connectivity index (χ1n) is 6.84. The molecule has 2 heterocycles. The number of imidazole rings is 1. The van der Waals surface area contributed by atoms with Gasteiger partial charge in [-0.2, -0.15) is 9.57 Å². The number of nitrogens with zero attached hydrogens (tertiary/aromatic N) is 3. The van der Waals surface area contributed by atoms with E-state index in [1.165, 1.54) is 4.31 Å². The van der Waals surface area contributed by atoms with Crippen LogP contribution in [0.3, 0.4) is 0 Å². The minimum Gasteiger partial charge on any atom is -0.361 e. The van der Waals surface area contributed by atoms with Gasteiger partial charge in [0.15, 0.2) is 11.3 Å². The van der Waals surface area contributed by atoms with Gasteiger partial charge in [-0.1, -0.05) is 41.9 Å². The Labute approximate surface area is 138 Å². The Hall–Kier alpha value is -1.92. The lowest BCUT2D eigenvalue weighted by Crippen LogP contribution is -2.45. The van der Waals surface area contributed by atoms with Gasteiger partial charge in [-0.3, -0.25) is 0 Å². The highest BCUT2D eigenvalue weighted by Crippen LogP contribution is 2.28. The molecule has 0 aliphatic carbocycles. The molecule has 1 aliphatic heterocycles. The molecule has 1 aliphatic rings. The van der Waals surface area contributed by atoms with E-state index in [0.717, 1.165) is 5.56 Å². The summed E-state index contributed by atoms with van der Waals surface area (Å²) >= 11 is 6.08. The molecule has 0 radical (unpaired) electrons. The summed E-state index contributed by atoms with van der Waals surface area (Å²) in [4.78, 5) is 6.71. The van der Waals surface area contributed by atoms with E-state index in [1.807, 2.05) is 24.3 Å². The molecule has 1 N–H and O–H groups in total. The predicted molar refractivity (Wildman–Crippen MR) is 83.1 cm³/mol. The van der Waals surface area contributed by atoms with E-state index in [4.69, 9.17) is 21.6 Å². The molecule has 1 fully saturated rings. The third-order valence-corrected chi connectivity index (χ3v) is 5.42. The van der Waals surface area contributed by atoms with Gasteiger partial charge < -0.3 is 9.72 Å². The van der Waals surface area contributed by atoms with Crippen LogP contribution in [0.25, 0.3) is 11.3 Å². The van der Waals surface area contributed by atoms with Crippen LogP contribution in [0.2, 0.25) is 5.15 Å². The molecule has 7 nitrogen and oxygen atoms in total. The fourth-order valence-electron chi connectivity index (χ4n) is 2.29. The molecule has 1 saturated heterocycles. The van der Waals surface area contributed by atoms with Crippen molar-refractivity contribution in [2.24, 2.45) is 0 Å². The Morgan fingerprint density at radius 1 is 1.39 bits per heavy atom. The number of aromatic nitrogens is 2. The molecule has 1 aromatic heterocycles. The summed E-state index contributed by atoms with van der Waals surface area (Å²) in [7, 11) is -3.86. The van der Waals surface area contributed by atoms with Crippen molar-refractivity contribution >= 4 is 21.6 Å². The number of nitrogens with one attached hydrogen (secondary N) is 1. The minimum absolute atomic E-state index is 0.0299. The van der Waals surface area contributed by atoms with Crippen LogP contribution in [-0.2, 0) is 14.8 Å². The zero-order valence-electron chi connectivity index (χ0n) is 11.9. The van der Waals surface area contributed by atoms with Crippen LogP contribution in [0.15, 0.2) is 35.5 Å². The maximum absolute atomic E-state index is 12.7. The number of hydrogen-bond donors (Lipinski definition) is 1. The number of hydrogen-bond acceptors (Lipinski definition) is 5. The largest absolute Gasteiger partial charge is 0.361 e. The highest BCUT2D eigenvalue weighted by atomic mass is 35.5. The van der Waals surface area contributed by atoms with Crippen molar-refractivity contribution in [3.63, 3.8) is 0 Å². The van der Waals surface area contributed by atoms with Crippen molar-refractivity contribution in [3.8, 4) is 17.3 Å². The lowest BCUT2D eigenvalue weighted by molar-refractivity contribution is 0.0310. The summed E-state index contributed by atoms with van der Waals surface area (Å²) in [6, 6.07) is 11.0. The molecule has 1 atom stereocenters. The van der Waals surface area contributed by atoms with Crippen molar-refractivity contribution in [2.75, 3.05) is 19.7 Å². The number of halogens is 1. The molecule has 0 spiro atoms. The lowest BCUT2D eigenvalue weighted by Gasteiger charge is -2.27. The topological polar surface area (TPSA) is 99.1 Å². The summed E-state index contributed by atoms with van der Waals surface area (Å²) in [5, 5.41) is 8.75. The molecule has 0 amide bonds. The van der Waals surface area contributed by atoms with Gasteiger partial charge in [0.2, 0.25) is 5.16 Å². The molecule has 120 valence electrons. The number of nitriles is 1. The number of rotatable bonds is 3. The summed E-state index contributed by atoms with van der Waals surface area (Å²) in [5.74, 6) is 0. The second-order valence-electron chi connectivity index (χ2n) is 4.93. The average Bonchev–Trinajstić information content (AvgIpc) is 2.98. The molecular formula is C14H13ClN4O3S. The van der Waals surface area contributed by atoms with E-state index in [2.05, 4.69) is 9.97 Å². The van der Waals surface area contributed by atoms with Crippen LogP contribution < -0.4 is 0 Å². The normalized spacial score (nSPS) is 19.4. The third-order valence-electron chi connectivity index (χ3n) is 3.46. The van der Waals surface area contributed by atoms with Gasteiger partial charge in [0.05, 0.1) is 24.9 Å². The van der Waals surface area contributed by atoms with Crippen molar-refractivity contribution in [1.29, 1.82) is 5.26 Å². The fraction of sp³-hybridized carbons (Fsp3) is 0.286.